The average molecular weight is 554 g/mol. The molecule has 0 fully saturated rings. The zero-order valence-electron chi connectivity index (χ0n) is 20.4. The molecule has 6 rings (SSSR count). The molecule has 0 bridgehead atoms. The van der Waals surface area contributed by atoms with Crippen molar-refractivity contribution < 1.29 is 30.7 Å². The second-order valence-corrected chi connectivity index (χ2v) is 10.7. The Balaban J connectivity index is 0.000000160. The van der Waals surface area contributed by atoms with Crippen LogP contribution in [0.5, 0.6) is 5.75 Å². The SMILES string of the molecule is O=S(=O)(Oc1ccc2ccccc2c1)C(F)(F)F.O=[N+]([O-])c1cccc2c3c(ccc12)C1=C(CCC=C1)CC3. The molecule has 0 unspecified atom stereocenters. The van der Waals surface area contributed by atoms with E-state index >= 15 is 0 Å². The smallest absolute Gasteiger partial charge is 0.376 e. The number of allylic oxidation sites excluding steroid dienone is 4. The minimum Gasteiger partial charge on any atom is -0.376 e. The average Bonchev–Trinajstić information content (AvgIpc) is 2.91. The number of nitrogens with zero attached hydrogens (tertiary/aromatic N) is 1. The zero-order valence-corrected chi connectivity index (χ0v) is 21.3. The normalized spacial score (nSPS) is 14.8. The number of halogens is 3. The number of rotatable bonds is 3. The lowest BCUT2D eigenvalue weighted by Gasteiger charge is -2.25. The molecule has 0 aliphatic heterocycles. The third-order valence-electron chi connectivity index (χ3n) is 6.80. The number of hydrogen-bond donors (Lipinski definition) is 0. The van der Waals surface area contributed by atoms with Gasteiger partial charge >= 0.3 is 15.6 Å². The van der Waals surface area contributed by atoms with Gasteiger partial charge in [0.2, 0.25) is 0 Å². The van der Waals surface area contributed by atoms with E-state index in [0.717, 1.165) is 41.8 Å². The van der Waals surface area contributed by atoms with Gasteiger partial charge in [-0.3, -0.25) is 10.1 Å². The predicted octanol–water partition coefficient (Wildman–Crippen LogP) is 7.87. The van der Waals surface area contributed by atoms with E-state index in [2.05, 4.69) is 22.4 Å². The Hall–Kier alpha value is -4.18. The summed E-state index contributed by atoms with van der Waals surface area (Å²) in [5, 5.41) is 14.3. The van der Waals surface area contributed by atoms with Gasteiger partial charge in [-0.1, -0.05) is 66.3 Å². The van der Waals surface area contributed by atoms with Crippen molar-refractivity contribution in [1.29, 1.82) is 0 Å². The summed E-state index contributed by atoms with van der Waals surface area (Å²) in [4.78, 5) is 10.9. The van der Waals surface area contributed by atoms with Gasteiger partial charge in [-0.15, -0.1) is 0 Å². The van der Waals surface area contributed by atoms with Crippen molar-refractivity contribution in [2.45, 2.75) is 31.2 Å². The Morgan fingerprint density at radius 1 is 0.846 bits per heavy atom. The lowest BCUT2D eigenvalue weighted by molar-refractivity contribution is -0.383. The van der Waals surface area contributed by atoms with Crippen LogP contribution in [-0.4, -0.2) is 18.8 Å². The van der Waals surface area contributed by atoms with Crippen LogP contribution in [0.4, 0.5) is 18.9 Å². The van der Waals surface area contributed by atoms with E-state index in [1.165, 1.54) is 40.5 Å². The molecule has 4 aromatic carbocycles. The highest BCUT2D eigenvalue weighted by Crippen LogP contribution is 2.41. The molecule has 39 heavy (non-hydrogen) atoms. The number of aryl methyl sites for hydroxylation is 1. The van der Waals surface area contributed by atoms with Crippen LogP contribution < -0.4 is 4.18 Å². The first-order valence-corrected chi connectivity index (χ1v) is 13.5. The maximum Gasteiger partial charge on any atom is 0.534 e. The van der Waals surface area contributed by atoms with E-state index in [-0.39, 0.29) is 16.4 Å². The van der Waals surface area contributed by atoms with Gasteiger partial charge in [0.1, 0.15) is 5.75 Å². The molecular formula is C29H22F3NO5S. The molecule has 6 nitrogen and oxygen atoms in total. The van der Waals surface area contributed by atoms with E-state index in [1.54, 1.807) is 36.4 Å². The molecular weight excluding hydrogens is 531 g/mol. The second kappa shape index (κ2) is 10.2. The molecule has 0 atom stereocenters. The highest BCUT2D eigenvalue weighted by Gasteiger charge is 2.48. The molecule has 4 aromatic rings. The van der Waals surface area contributed by atoms with E-state index in [1.807, 2.05) is 12.1 Å². The highest BCUT2D eigenvalue weighted by atomic mass is 32.2. The molecule has 0 N–H and O–H groups in total. The van der Waals surface area contributed by atoms with Gasteiger partial charge in [0.05, 0.1) is 10.3 Å². The Labute approximate surface area is 222 Å². The molecule has 2 aliphatic carbocycles. The van der Waals surface area contributed by atoms with Gasteiger partial charge in [-0.25, -0.2) is 0 Å². The number of non-ortho nitro benzene ring substituents is 1. The summed E-state index contributed by atoms with van der Waals surface area (Å²) in [7, 11) is -5.62. The fraction of sp³-hybridized carbons (Fsp3) is 0.172. The molecule has 200 valence electrons. The molecule has 0 aromatic heterocycles. The minimum atomic E-state index is -5.62. The number of hydrogen-bond acceptors (Lipinski definition) is 5. The van der Waals surface area contributed by atoms with Gasteiger partial charge in [0.15, 0.2) is 0 Å². The summed E-state index contributed by atoms with van der Waals surface area (Å²) in [6.07, 6.45) is 8.80. The van der Waals surface area contributed by atoms with Crippen LogP contribution in [0.2, 0.25) is 0 Å². The van der Waals surface area contributed by atoms with Crippen molar-refractivity contribution in [3.8, 4) is 5.75 Å². The van der Waals surface area contributed by atoms with Gasteiger partial charge in [0.25, 0.3) is 5.69 Å². The van der Waals surface area contributed by atoms with E-state index < -0.39 is 15.6 Å². The molecule has 0 saturated heterocycles. The Morgan fingerprint density at radius 2 is 1.62 bits per heavy atom. The maximum atomic E-state index is 12.1. The lowest BCUT2D eigenvalue weighted by Crippen LogP contribution is -2.28. The third kappa shape index (κ3) is 5.24. The van der Waals surface area contributed by atoms with Crippen molar-refractivity contribution in [2.24, 2.45) is 0 Å². The van der Waals surface area contributed by atoms with Crippen molar-refractivity contribution in [1.82, 2.24) is 0 Å². The number of alkyl halides is 3. The van der Waals surface area contributed by atoms with Gasteiger partial charge in [0, 0.05) is 6.07 Å². The molecule has 0 heterocycles. The molecule has 0 radical (unpaired) electrons. The van der Waals surface area contributed by atoms with Crippen LogP contribution in [0.1, 0.15) is 30.4 Å². The van der Waals surface area contributed by atoms with Crippen LogP contribution in [0, 0.1) is 10.1 Å². The summed E-state index contributed by atoms with van der Waals surface area (Å²) in [5.74, 6) is -0.369. The zero-order chi connectivity index (χ0) is 27.8. The van der Waals surface area contributed by atoms with Crippen LogP contribution >= 0.6 is 0 Å². The Morgan fingerprint density at radius 3 is 2.36 bits per heavy atom. The highest BCUT2D eigenvalue weighted by molar-refractivity contribution is 7.88. The molecule has 10 heteroatoms. The van der Waals surface area contributed by atoms with Crippen molar-refractivity contribution >= 4 is 42.9 Å². The number of nitro groups is 1. The van der Waals surface area contributed by atoms with Gasteiger partial charge in [-0.05, 0) is 76.7 Å². The molecule has 0 amide bonds. The first kappa shape index (κ1) is 26.4. The Kier molecular flexibility index (Phi) is 6.90. The minimum absolute atomic E-state index is 0.203. The molecule has 0 saturated carbocycles. The quantitative estimate of drug-likeness (QED) is 0.112. The van der Waals surface area contributed by atoms with E-state index in [9.17, 15) is 31.7 Å². The fourth-order valence-corrected chi connectivity index (χ4v) is 5.46. The first-order valence-electron chi connectivity index (χ1n) is 12.1. The third-order valence-corrected chi connectivity index (χ3v) is 7.78. The monoisotopic (exact) mass is 553 g/mol. The standard InChI is InChI=1S/C18H15NO2.C11H7F3O3S/c20-19(21)18-7-3-6-14-16-9-8-12-4-1-2-5-13(12)15(16)10-11-17(14)18;12-11(13,14)18(15,16)17-10-6-5-8-3-1-2-4-9(8)7-10/h2-3,5-7,10-11H,1,4,8-9H2;1-7H. The van der Waals surface area contributed by atoms with Crippen molar-refractivity contribution in [3.05, 3.63) is 112 Å². The van der Waals surface area contributed by atoms with Crippen molar-refractivity contribution in [2.75, 3.05) is 0 Å². The number of nitro benzene ring substituents is 1. The summed E-state index contributed by atoms with van der Waals surface area (Å²) < 4.78 is 62.0. The maximum absolute atomic E-state index is 12.1. The second-order valence-electron chi connectivity index (χ2n) is 9.17. The molecule has 0 spiro atoms. The van der Waals surface area contributed by atoms with Gasteiger partial charge < -0.3 is 4.18 Å². The number of fused-ring (bicyclic) bond motifs is 5. The Bertz CT molecular complexity index is 1780. The van der Waals surface area contributed by atoms with Crippen LogP contribution in [0.25, 0.3) is 27.1 Å². The lowest BCUT2D eigenvalue weighted by atomic mass is 9.79. The van der Waals surface area contributed by atoms with E-state index in [0.29, 0.717) is 5.39 Å². The van der Waals surface area contributed by atoms with E-state index in [4.69, 9.17) is 0 Å². The summed E-state index contributed by atoms with van der Waals surface area (Å²) in [6, 6.07) is 20.1. The molecule has 2 aliphatic rings. The van der Waals surface area contributed by atoms with Crippen LogP contribution in [0.15, 0.2) is 90.5 Å². The fourth-order valence-electron chi connectivity index (χ4n) is 5.00. The van der Waals surface area contributed by atoms with Gasteiger partial charge in [-0.2, -0.15) is 21.6 Å². The first-order chi connectivity index (χ1) is 18.5. The van der Waals surface area contributed by atoms with Crippen molar-refractivity contribution in [3.63, 3.8) is 0 Å². The largest absolute Gasteiger partial charge is 0.534 e. The summed E-state index contributed by atoms with van der Waals surface area (Å²) in [5.41, 5.74) is 0.181. The summed E-state index contributed by atoms with van der Waals surface area (Å²) >= 11 is 0. The van der Waals surface area contributed by atoms with Crippen LogP contribution in [0.3, 0.4) is 0 Å². The topological polar surface area (TPSA) is 86.5 Å². The summed E-state index contributed by atoms with van der Waals surface area (Å²) in [6.45, 7) is 0. The predicted molar refractivity (Wildman–Crippen MR) is 144 cm³/mol. The van der Waals surface area contributed by atoms with Crippen LogP contribution in [-0.2, 0) is 16.5 Å². The number of benzene rings is 4.